The Morgan fingerprint density at radius 3 is 2.71 bits per heavy atom. The molecule has 0 aliphatic rings. The second-order valence-corrected chi connectivity index (χ2v) is 5.68. The van der Waals surface area contributed by atoms with Gasteiger partial charge in [0.15, 0.2) is 5.78 Å². The number of carbonyl (C=O) groups is 1. The summed E-state index contributed by atoms with van der Waals surface area (Å²) in [5.41, 5.74) is 8.08. The first kappa shape index (κ1) is 12.1. The maximum Gasteiger partial charge on any atom is 0.168 e. The number of ketones is 1. The van der Waals surface area contributed by atoms with Crippen molar-refractivity contribution in [1.82, 2.24) is 0 Å². The maximum absolute atomic E-state index is 12.0. The lowest BCUT2D eigenvalue weighted by atomic mass is 10.0. The molecule has 0 saturated carbocycles. The summed E-state index contributed by atoms with van der Waals surface area (Å²) >= 11 is 7.25. The zero-order chi connectivity index (χ0) is 12.4. The Morgan fingerprint density at radius 2 is 2.12 bits per heavy atom. The van der Waals surface area contributed by atoms with Crippen LogP contribution in [0.1, 0.15) is 20.8 Å². The van der Waals surface area contributed by atoms with Gasteiger partial charge in [-0.05, 0) is 30.7 Å². The lowest BCUT2D eigenvalue weighted by Crippen LogP contribution is -2.03. The van der Waals surface area contributed by atoms with Crippen molar-refractivity contribution in [3.63, 3.8) is 0 Å². The topological polar surface area (TPSA) is 43.1 Å². The van der Waals surface area contributed by atoms with Gasteiger partial charge in [0.1, 0.15) is 0 Å². The molecular weight excluding hydrogens is 254 g/mol. The van der Waals surface area contributed by atoms with Crippen molar-refractivity contribution in [2.45, 2.75) is 13.3 Å². The quantitative estimate of drug-likeness (QED) is 0.679. The van der Waals surface area contributed by atoms with Gasteiger partial charge in [-0.1, -0.05) is 23.7 Å². The van der Waals surface area contributed by atoms with Gasteiger partial charge in [-0.15, -0.1) is 11.3 Å². The number of aryl methyl sites for hydroxylation is 1. The van der Waals surface area contributed by atoms with E-state index >= 15 is 0 Å². The van der Waals surface area contributed by atoms with Gasteiger partial charge < -0.3 is 5.73 Å². The SMILES string of the molecule is Cc1ccc(C(=O)Cc2ccc(Cl)s2)cc1N. The first-order valence-corrected chi connectivity index (χ1v) is 6.39. The number of hydrogen-bond acceptors (Lipinski definition) is 3. The predicted molar refractivity (Wildman–Crippen MR) is 73.0 cm³/mol. The van der Waals surface area contributed by atoms with E-state index in [1.54, 1.807) is 12.1 Å². The normalized spacial score (nSPS) is 10.5. The van der Waals surface area contributed by atoms with E-state index in [9.17, 15) is 4.79 Å². The Kier molecular flexibility index (Phi) is 3.50. The molecule has 0 radical (unpaired) electrons. The molecule has 0 spiro atoms. The summed E-state index contributed by atoms with van der Waals surface area (Å²) in [7, 11) is 0. The van der Waals surface area contributed by atoms with E-state index in [-0.39, 0.29) is 5.78 Å². The van der Waals surface area contributed by atoms with Crippen LogP contribution >= 0.6 is 22.9 Å². The summed E-state index contributed by atoms with van der Waals surface area (Å²) in [6, 6.07) is 9.08. The fraction of sp³-hybridized carbons (Fsp3) is 0.154. The molecule has 2 nitrogen and oxygen atoms in total. The molecule has 0 bridgehead atoms. The number of anilines is 1. The lowest BCUT2D eigenvalue weighted by Gasteiger charge is -2.03. The average Bonchev–Trinajstić information content (AvgIpc) is 2.68. The van der Waals surface area contributed by atoms with Gasteiger partial charge >= 0.3 is 0 Å². The first-order valence-electron chi connectivity index (χ1n) is 5.20. The van der Waals surface area contributed by atoms with Crippen molar-refractivity contribution >= 4 is 34.4 Å². The highest BCUT2D eigenvalue weighted by Crippen LogP contribution is 2.23. The number of hydrogen-bond donors (Lipinski definition) is 1. The molecular formula is C13H12ClNOS. The van der Waals surface area contributed by atoms with E-state index in [4.69, 9.17) is 17.3 Å². The molecule has 88 valence electrons. The van der Waals surface area contributed by atoms with Gasteiger partial charge in [-0.2, -0.15) is 0 Å². The molecule has 4 heteroatoms. The van der Waals surface area contributed by atoms with Crippen LogP contribution in [0, 0.1) is 6.92 Å². The molecule has 0 unspecified atom stereocenters. The summed E-state index contributed by atoms with van der Waals surface area (Å²) in [5.74, 6) is 0.0650. The molecule has 0 amide bonds. The van der Waals surface area contributed by atoms with E-state index in [2.05, 4.69) is 0 Å². The molecule has 2 aromatic rings. The van der Waals surface area contributed by atoms with Crippen molar-refractivity contribution < 1.29 is 4.79 Å². The number of halogens is 1. The number of nitrogens with two attached hydrogens (primary N) is 1. The zero-order valence-corrected chi connectivity index (χ0v) is 10.9. The van der Waals surface area contributed by atoms with Crippen LogP contribution in [0.15, 0.2) is 30.3 Å². The Labute approximate surface area is 109 Å². The van der Waals surface area contributed by atoms with Gasteiger partial charge in [0.2, 0.25) is 0 Å². The van der Waals surface area contributed by atoms with Crippen LogP contribution in [-0.2, 0) is 6.42 Å². The van der Waals surface area contributed by atoms with Crippen molar-refractivity contribution in [2.24, 2.45) is 0 Å². The Balaban J connectivity index is 2.17. The van der Waals surface area contributed by atoms with E-state index in [1.807, 2.05) is 25.1 Å². The number of Topliss-reactive ketones (excluding diaryl/α,β-unsaturated/α-hetero) is 1. The highest BCUT2D eigenvalue weighted by atomic mass is 35.5. The van der Waals surface area contributed by atoms with Crippen molar-refractivity contribution in [2.75, 3.05) is 5.73 Å². The minimum atomic E-state index is 0.0650. The van der Waals surface area contributed by atoms with Gasteiger partial charge in [0, 0.05) is 22.5 Å². The number of rotatable bonds is 3. The fourth-order valence-corrected chi connectivity index (χ4v) is 2.61. The number of benzene rings is 1. The van der Waals surface area contributed by atoms with Crippen LogP contribution in [0.25, 0.3) is 0 Å². The summed E-state index contributed by atoms with van der Waals surface area (Å²) < 4.78 is 0.705. The number of thiophene rings is 1. The molecule has 1 aromatic carbocycles. The van der Waals surface area contributed by atoms with Gasteiger partial charge in [-0.25, -0.2) is 0 Å². The predicted octanol–water partition coefficient (Wildman–Crippen LogP) is 3.72. The third-order valence-electron chi connectivity index (χ3n) is 2.56. The van der Waals surface area contributed by atoms with Crippen LogP contribution in [-0.4, -0.2) is 5.78 Å². The summed E-state index contributed by atoms with van der Waals surface area (Å²) in [6.07, 6.45) is 0.375. The summed E-state index contributed by atoms with van der Waals surface area (Å²) in [5, 5.41) is 0. The van der Waals surface area contributed by atoms with E-state index in [0.29, 0.717) is 22.0 Å². The molecule has 2 N–H and O–H groups in total. The highest BCUT2D eigenvalue weighted by molar-refractivity contribution is 7.16. The molecule has 0 atom stereocenters. The maximum atomic E-state index is 12.0. The molecule has 0 aliphatic carbocycles. The zero-order valence-electron chi connectivity index (χ0n) is 9.37. The minimum absolute atomic E-state index is 0.0650. The van der Waals surface area contributed by atoms with Crippen LogP contribution in [0.5, 0.6) is 0 Å². The van der Waals surface area contributed by atoms with E-state index < -0.39 is 0 Å². The van der Waals surface area contributed by atoms with E-state index in [1.165, 1.54) is 11.3 Å². The minimum Gasteiger partial charge on any atom is -0.398 e. The summed E-state index contributed by atoms with van der Waals surface area (Å²) in [4.78, 5) is 13.0. The average molecular weight is 266 g/mol. The van der Waals surface area contributed by atoms with Crippen LogP contribution < -0.4 is 5.73 Å². The number of nitrogen functional groups attached to an aromatic ring is 1. The largest absolute Gasteiger partial charge is 0.398 e. The second kappa shape index (κ2) is 4.90. The molecule has 0 saturated heterocycles. The van der Waals surface area contributed by atoms with Crippen molar-refractivity contribution in [3.05, 3.63) is 50.7 Å². The molecule has 17 heavy (non-hydrogen) atoms. The van der Waals surface area contributed by atoms with Crippen LogP contribution in [0.4, 0.5) is 5.69 Å². The van der Waals surface area contributed by atoms with Crippen molar-refractivity contribution in [1.29, 1.82) is 0 Å². The van der Waals surface area contributed by atoms with E-state index in [0.717, 1.165) is 10.4 Å². The van der Waals surface area contributed by atoms with Crippen molar-refractivity contribution in [3.8, 4) is 0 Å². The van der Waals surface area contributed by atoms with Gasteiger partial charge in [-0.3, -0.25) is 4.79 Å². The Hall–Kier alpha value is -1.32. The third kappa shape index (κ3) is 2.87. The Morgan fingerprint density at radius 1 is 1.35 bits per heavy atom. The third-order valence-corrected chi connectivity index (χ3v) is 3.80. The smallest absolute Gasteiger partial charge is 0.168 e. The molecule has 0 aliphatic heterocycles. The van der Waals surface area contributed by atoms with Crippen LogP contribution in [0.3, 0.4) is 0 Å². The molecule has 1 aromatic heterocycles. The highest BCUT2D eigenvalue weighted by Gasteiger charge is 2.09. The molecule has 2 rings (SSSR count). The Bertz CT molecular complexity index is 562. The second-order valence-electron chi connectivity index (χ2n) is 3.88. The molecule has 1 heterocycles. The van der Waals surface area contributed by atoms with Gasteiger partial charge in [0.25, 0.3) is 0 Å². The fourth-order valence-electron chi connectivity index (χ4n) is 1.52. The molecule has 0 fully saturated rings. The first-order chi connectivity index (χ1) is 8.06. The number of carbonyl (C=O) groups excluding carboxylic acids is 1. The summed E-state index contributed by atoms with van der Waals surface area (Å²) in [6.45, 7) is 1.92. The van der Waals surface area contributed by atoms with Gasteiger partial charge in [0.05, 0.1) is 4.34 Å². The monoisotopic (exact) mass is 265 g/mol. The standard InChI is InChI=1S/C13H12ClNOS/c1-8-2-3-9(6-11(8)15)12(16)7-10-4-5-13(14)17-10/h2-6H,7,15H2,1H3. The van der Waals surface area contributed by atoms with Crippen LogP contribution in [0.2, 0.25) is 4.34 Å². The lowest BCUT2D eigenvalue weighted by molar-refractivity contribution is 0.0994.